The highest BCUT2D eigenvalue weighted by Crippen LogP contribution is 2.57. The van der Waals surface area contributed by atoms with Gasteiger partial charge in [-0.1, -0.05) is 6.07 Å². The van der Waals surface area contributed by atoms with Crippen molar-refractivity contribution >= 4 is 30.1 Å². The van der Waals surface area contributed by atoms with Gasteiger partial charge in [0.15, 0.2) is 0 Å². The van der Waals surface area contributed by atoms with E-state index in [0.717, 1.165) is 30.5 Å². The topological polar surface area (TPSA) is 88.0 Å². The second kappa shape index (κ2) is 7.51. The van der Waals surface area contributed by atoms with Crippen molar-refractivity contribution in [2.45, 2.75) is 57.2 Å². The molecular formula is C24H31BN4O4. The molecule has 0 radical (unpaired) electrons. The minimum atomic E-state index is -0.504. The maximum atomic E-state index is 12.8. The van der Waals surface area contributed by atoms with Crippen LogP contribution < -0.4 is 10.4 Å². The zero-order valence-corrected chi connectivity index (χ0v) is 20.0. The van der Waals surface area contributed by atoms with Crippen molar-refractivity contribution in [3.63, 3.8) is 0 Å². The lowest BCUT2D eigenvalue weighted by Gasteiger charge is -2.32. The molecule has 0 atom stereocenters. The van der Waals surface area contributed by atoms with Gasteiger partial charge in [0.2, 0.25) is 5.95 Å². The van der Waals surface area contributed by atoms with Crippen LogP contribution in [0.1, 0.15) is 56.5 Å². The van der Waals surface area contributed by atoms with Crippen LogP contribution in [-0.4, -0.2) is 70.9 Å². The average molecular weight is 450 g/mol. The molecule has 1 saturated heterocycles. The second-order valence-corrected chi connectivity index (χ2v) is 10.5. The van der Waals surface area contributed by atoms with E-state index in [1.54, 1.807) is 19.4 Å². The molecule has 3 aliphatic rings. The van der Waals surface area contributed by atoms with Crippen LogP contribution in [-0.2, 0) is 14.7 Å². The van der Waals surface area contributed by atoms with Gasteiger partial charge >= 0.3 is 7.12 Å². The Hall–Kier alpha value is -2.49. The summed E-state index contributed by atoms with van der Waals surface area (Å²) in [6.07, 6.45) is 5.79. The van der Waals surface area contributed by atoms with Crippen LogP contribution in [0.2, 0.25) is 0 Å². The summed E-state index contributed by atoms with van der Waals surface area (Å²) < 4.78 is 12.2. The van der Waals surface area contributed by atoms with Gasteiger partial charge < -0.3 is 24.2 Å². The molecule has 2 aliphatic heterocycles. The third-order valence-electron chi connectivity index (χ3n) is 7.63. The SMILES string of the molecule is CN(CCO)C(=O)c1ccc2c(c1)N(c1ncc(B3OC(C)(C)C(C)(C)O3)cn1)CC21CC1. The van der Waals surface area contributed by atoms with E-state index in [0.29, 0.717) is 18.1 Å². The quantitative estimate of drug-likeness (QED) is 0.698. The molecule has 0 unspecified atom stereocenters. The molecule has 3 heterocycles. The monoisotopic (exact) mass is 450 g/mol. The molecule has 1 aromatic carbocycles. The van der Waals surface area contributed by atoms with Gasteiger partial charge in [0, 0.05) is 54.7 Å². The molecule has 2 aromatic rings. The van der Waals surface area contributed by atoms with Crippen molar-refractivity contribution in [2.24, 2.45) is 0 Å². The van der Waals surface area contributed by atoms with Crippen molar-refractivity contribution in [3.05, 3.63) is 41.7 Å². The van der Waals surface area contributed by atoms with E-state index in [4.69, 9.17) is 9.31 Å². The molecule has 1 aliphatic carbocycles. The largest absolute Gasteiger partial charge is 0.498 e. The summed E-state index contributed by atoms with van der Waals surface area (Å²) in [6.45, 7) is 9.14. The van der Waals surface area contributed by atoms with Crippen molar-refractivity contribution in [3.8, 4) is 0 Å². The maximum Gasteiger partial charge on any atom is 0.498 e. The highest BCUT2D eigenvalue weighted by atomic mass is 16.7. The molecule has 174 valence electrons. The van der Waals surface area contributed by atoms with Gasteiger partial charge in [0.05, 0.1) is 17.8 Å². The number of likely N-dealkylation sites (N-methyl/N-ethyl adjacent to an activating group) is 1. The van der Waals surface area contributed by atoms with E-state index >= 15 is 0 Å². The molecule has 1 spiro atoms. The van der Waals surface area contributed by atoms with Gasteiger partial charge in [-0.05, 0) is 58.2 Å². The molecular weight excluding hydrogens is 419 g/mol. The molecule has 0 bridgehead atoms. The minimum Gasteiger partial charge on any atom is -0.399 e. The Morgan fingerprint density at radius 1 is 1.15 bits per heavy atom. The number of benzene rings is 1. The van der Waals surface area contributed by atoms with Crippen molar-refractivity contribution in [1.29, 1.82) is 0 Å². The first-order valence-electron chi connectivity index (χ1n) is 11.5. The number of fused-ring (bicyclic) bond motifs is 2. The number of carbonyl (C=O) groups is 1. The number of rotatable bonds is 5. The molecule has 1 aromatic heterocycles. The fourth-order valence-corrected chi connectivity index (χ4v) is 4.61. The zero-order chi connectivity index (χ0) is 23.6. The van der Waals surface area contributed by atoms with Crippen LogP contribution in [0.4, 0.5) is 11.6 Å². The van der Waals surface area contributed by atoms with Crippen molar-refractivity contribution in [2.75, 3.05) is 31.6 Å². The van der Waals surface area contributed by atoms with Crippen LogP contribution in [0.25, 0.3) is 0 Å². The van der Waals surface area contributed by atoms with Crippen LogP contribution in [0, 0.1) is 0 Å². The van der Waals surface area contributed by atoms with Crippen LogP contribution in [0.15, 0.2) is 30.6 Å². The summed E-state index contributed by atoms with van der Waals surface area (Å²) >= 11 is 0. The molecule has 5 rings (SSSR count). The number of aromatic nitrogens is 2. The van der Waals surface area contributed by atoms with E-state index in [1.165, 1.54) is 10.5 Å². The standard InChI is InChI=1S/C24H31BN4O4/c1-22(2)23(3,4)33-25(32-22)17-13-26-21(27-14-17)29-15-24(8-9-24)18-7-6-16(12-19(18)29)20(31)28(5)10-11-30/h6-7,12-14,30H,8-11,15H2,1-5H3. The fraction of sp³-hybridized carbons (Fsp3) is 0.542. The predicted octanol–water partition coefficient (Wildman–Crippen LogP) is 2.02. The molecule has 2 fully saturated rings. The summed E-state index contributed by atoms with van der Waals surface area (Å²) in [7, 11) is 1.19. The van der Waals surface area contributed by atoms with Gasteiger partial charge in [-0.25, -0.2) is 9.97 Å². The Morgan fingerprint density at radius 2 is 1.79 bits per heavy atom. The molecule has 33 heavy (non-hydrogen) atoms. The Balaban J connectivity index is 1.42. The number of carbonyl (C=O) groups excluding carboxylic acids is 1. The summed E-state index contributed by atoms with van der Waals surface area (Å²) in [6, 6.07) is 5.89. The summed E-state index contributed by atoms with van der Waals surface area (Å²) in [5, 5.41) is 9.18. The lowest BCUT2D eigenvalue weighted by atomic mass is 9.81. The van der Waals surface area contributed by atoms with E-state index < -0.39 is 18.3 Å². The smallest absolute Gasteiger partial charge is 0.399 e. The number of aliphatic hydroxyl groups is 1. The maximum absolute atomic E-state index is 12.8. The van der Waals surface area contributed by atoms with Gasteiger partial charge in [0.1, 0.15) is 0 Å². The predicted molar refractivity (Wildman–Crippen MR) is 126 cm³/mol. The van der Waals surface area contributed by atoms with Gasteiger partial charge in [-0.2, -0.15) is 0 Å². The Kier molecular flexibility index (Phi) is 5.08. The number of nitrogens with zero attached hydrogens (tertiary/aromatic N) is 4. The number of hydrogen-bond acceptors (Lipinski definition) is 7. The Morgan fingerprint density at radius 3 is 2.36 bits per heavy atom. The number of amides is 1. The average Bonchev–Trinajstić information content (AvgIpc) is 3.43. The van der Waals surface area contributed by atoms with E-state index in [2.05, 4.69) is 20.9 Å². The van der Waals surface area contributed by atoms with Crippen LogP contribution >= 0.6 is 0 Å². The number of hydrogen-bond donors (Lipinski definition) is 1. The third-order valence-corrected chi connectivity index (χ3v) is 7.63. The van der Waals surface area contributed by atoms with Gasteiger partial charge in [-0.3, -0.25) is 4.79 Å². The third kappa shape index (κ3) is 3.62. The molecule has 1 N–H and O–H groups in total. The number of aliphatic hydroxyl groups excluding tert-OH is 1. The van der Waals surface area contributed by atoms with Crippen LogP contribution in [0.3, 0.4) is 0 Å². The minimum absolute atomic E-state index is 0.0641. The lowest BCUT2D eigenvalue weighted by molar-refractivity contribution is 0.00578. The molecule has 9 heteroatoms. The normalized spacial score (nSPS) is 21.4. The van der Waals surface area contributed by atoms with Gasteiger partial charge in [-0.15, -0.1) is 0 Å². The zero-order valence-electron chi connectivity index (χ0n) is 20.0. The fourth-order valence-electron chi connectivity index (χ4n) is 4.61. The second-order valence-electron chi connectivity index (χ2n) is 10.5. The first-order valence-corrected chi connectivity index (χ1v) is 11.5. The van der Waals surface area contributed by atoms with E-state index in [9.17, 15) is 9.90 Å². The highest BCUT2D eigenvalue weighted by Gasteiger charge is 2.53. The lowest BCUT2D eigenvalue weighted by Crippen LogP contribution is -2.41. The molecule has 1 saturated carbocycles. The summed E-state index contributed by atoms with van der Waals surface area (Å²) in [5.41, 5.74) is 2.90. The Labute approximate surface area is 195 Å². The van der Waals surface area contributed by atoms with Crippen molar-refractivity contribution in [1.82, 2.24) is 14.9 Å². The van der Waals surface area contributed by atoms with Gasteiger partial charge in [0.25, 0.3) is 5.91 Å². The first-order chi connectivity index (χ1) is 15.6. The molecule has 8 nitrogen and oxygen atoms in total. The highest BCUT2D eigenvalue weighted by molar-refractivity contribution is 6.61. The molecule has 1 amide bonds. The Bertz CT molecular complexity index is 1070. The summed E-state index contributed by atoms with van der Waals surface area (Å²) in [4.78, 5) is 25.7. The first kappa shape index (κ1) is 22.3. The van der Waals surface area contributed by atoms with E-state index in [1.807, 2.05) is 39.8 Å². The van der Waals surface area contributed by atoms with Crippen LogP contribution in [0.5, 0.6) is 0 Å². The number of anilines is 2. The summed E-state index contributed by atoms with van der Waals surface area (Å²) in [5.74, 6) is 0.495. The van der Waals surface area contributed by atoms with E-state index in [-0.39, 0.29) is 17.9 Å². The van der Waals surface area contributed by atoms with Crippen molar-refractivity contribution < 1.29 is 19.2 Å².